The largest absolute Gasteiger partial charge is 0.454 e. The van der Waals surface area contributed by atoms with Crippen LogP contribution in [0.1, 0.15) is 23.2 Å². The number of aryl methyl sites for hydroxylation is 1. The van der Waals surface area contributed by atoms with Crippen molar-refractivity contribution in [3.05, 3.63) is 41.1 Å². The first kappa shape index (κ1) is 17.5. The third-order valence-corrected chi connectivity index (χ3v) is 5.38. The number of nitrogens with zero attached hydrogens (tertiary/aromatic N) is 4. The molecule has 8 heteroatoms. The fraction of sp³-hybridized carbons (Fsp3) is 0.286. The van der Waals surface area contributed by atoms with E-state index in [-0.39, 0.29) is 12.6 Å². The molecule has 0 aliphatic carbocycles. The third kappa shape index (κ3) is 2.87. The lowest BCUT2D eigenvalue weighted by Crippen LogP contribution is -2.11. The summed E-state index contributed by atoms with van der Waals surface area (Å²) in [6.07, 6.45) is 1.01. The van der Waals surface area contributed by atoms with Crippen LogP contribution in [0, 0.1) is 18.3 Å². The molecule has 8 nitrogen and oxygen atoms in total. The number of pyridine rings is 1. The number of benzene rings is 1. The van der Waals surface area contributed by atoms with E-state index in [2.05, 4.69) is 16.4 Å². The van der Waals surface area contributed by atoms with Crippen LogP contribution in [0.3, 0.4) is 0 Å². The van der Waals surface area contributed by atoms with Crippen molar-refractivity contribution >= 4 is 5.82 Å². The standard InChI is InChI=1S/C21H20N6O2/c1-12-19(16-8-14-10-24-5-2-6-27(14)26-16)15(9-22)21(23)25-20(12)13-3-4-17-18(7-13)29-11-28-17/h3-4,7-8,24H,2,5-6,10-11H2,1H3,(H2,23,25). The summed E-state index contributed by atoms with van der Waals surface area (Å²) < 4.78 is 12.9. The van der Waals surface area contributed by atoms with Gasteiger partial charge in [0.05, 0.1) is 17.1 Å². The second-order valence-electron chi connectivity index (χ2n) is 7.17. The molecule has 0 unspecified atom stereocenters. The van der Waals surface area contributed by atoms with Gasteiger partial charge in [-0.15, -0.1) is 0 Å². The number of nitrogens with one attached hydrogen (secondary N) is 1. The maximum Gasteiger partial charge on any atom is 0.231 e. The molecular formula is C21H20N6O2. The number of aromatic nitrogens is 3. The highest BCUT2D eigenvalue weighted by Crippen LogP contribution is 2.39. The van der Waals surface area contributed by atoms with Crippen molar-refractivity contribution in [3.8, 4) is 40.1 Å². The fourth-order valence-electron chi connectivity index (χ4n) is 3.94. The number of anilines is 1. The van der Waals surface area contributed by atoms with Crippen LogP contribution in [-0.4, -0.2) is 28.1 Å². The Morgan fingerprint density at radius 3 is 2.97 bits per heavy atom. The van der Waals surface area contributed by atoms with E-state index in [9.17, 15) is 5.26 Å². The molecule has 1 aromatic carbocycles. The van der Waals surface area contributed by atoms with Crippen molar-refractivity contribution in [2.75, 3.05) is 19.1 Å². The zero-order valence-electron chi connectivity index (χ0n) is 16.0. The van der Waals surface area contributed by atoms with Gasteiger partial charge in [-0.05, 0) is 49.7 Å². The van der Waals surface area contributed by atoms with E-state index in [1.54, 1.807) is 0 Å². The van der Waals surface area contributed by atoms with Crippen LogP contribution in [0.15, 0.2) is 24.3 Å². The summed E-state index contributed by atoms with van der Waals surface area (Å²) in [7, 11) is 0. The Balaban J connectivity index is 1.68. The van der Waals surface area contributed by atoms with E-state index in [1.807, 2.05) is 35.9 Å². The zero-order valence-corrected chi connectivity index (χ0v) is 16.0. The minimum absolute atomic E-state index is 0.196. The zero-order chi connectivity index (χ0) is 20.0. The first-order chi connectivity index (χ1) is 14.2. The number of ether oxygens (including phenoxy) is 2. The van der Waals surface area contributed by atoms with E-state index in [4.69, 9.17) is 20.3 Å². The summed E-state index contributed by atoms with van der Waals surface area (Å²) in [5.74, 6) is 1.58. The predicted molar refractivity (Wildman–Crippen MR) is 107 cm³/mol. The molecule has 0 radical (unpaired) electrons. The molecule has 0 saturated carbocycles. The maximum atomic E-state index is 9.77. The van der Waals surface area contributed by atoms with Gasteiger partial charge in [-0.2, -0.15) is 10.4 Å². The molecule has 0 fully saturated rings. The number of hydrogen-bond donors (Lipinski definition) is 2. The van der Waals surface area contributed by atoms with Crippen LogP contribution >= 0.6 is 0 Å². The van der Waals surface area contributed by atoms with E-state index < -0.39 is 0 Å². The summed E-state index contributed by atoms with van der Waals surface area (Å²) in [6.45, 7) is 4.73. The summed E-state index contributed by atoms with van der Waals surface area (Å²) >= 11 is 0. The predicted octanol–water partition coefficient (Wildman–Crippen LogP) is 2.60. The number of nitrogens with two attached hydrogens (primary N) is 1. The summed E-state index contributed by atoms with van der Waals surface area (Å²) in [4.78, 5) is 4.53. The average molecular weight is 388 g/mol. The van der Waals surface area contributed by atoms with Crippen molar-refractivity contribution < 1.29 is 9.47 Å². The summed E-state index contributed by atoms with van der Waals surface area (Å²) in [6, 6.07) is 9.92. The minimum Gasteiger partial charge on any atom is -0.454 e. The van der Waals surface area contributed by atoms with Gasteiger partial charge in [-0.3, -0.25) is 4.68 Å². The molecule has 0 saturated heterocycles. The highest BCUT2D eigenvalue weighted by atomic mass is 16.7. The molecule has 3 N–H and O–H groups in total. The molecule has 29 heavy (non-hydrogen) atoms. The van der Waals surface area contributed by atoms with Crippen molar-refractivity contribution in [2.45, 2.75) is 26.4 Å². The van der Waals surface area contributed by atoms with E-state index in [1.165, 1.54) is 0 Å². The number of hydrogen-bond acceptors (Lipinski definition) is 7. The van der Waals surface area contributed by atoms with Gasteiger partial charge in [-0.25, -0.2) is 4.98 Å². The maximum absolute atomic E-state index is 9.77. The molecule has 0 bridgehead atoms. The minimum atomic E-state index is 0.196. The molecule has 146 valence electrons. The quantitative estimate of drug-likeness (QED) is 0.694. The monoisotopic (exact) mass is 388 g/mol. The lowest BCUT2D eigenvalue weighted by atomic mass is 9.95. The van der Waals surface area contributed by atoms with Gasteiger partial charge in [0.1, 0.15) is 17.5 Å². The van der Waals surface area contributed by atoms with Gasteiger partial charge < -0.3 is 20.5 Å². The van der Waals surface area contributed by atoms with Crippen LogP contribution in [-0.2, 0) is 13.1 Å². The topological polar surface area (TPSA) is 111 Å². The molecule has 3 aromatic rings. The molecule has 4 heterocycles. The molecule has 2 aliphatic rings. The van der Waals surface area contributed by atoms with Gasteiger partial charge in [0.2, 0.25) is 6.79 Å². The Bertz CT molecular complexity index is 1140. The van der Waals surface area contributed by atoms with Crippen molar-refractivity contribution in [2.24, 2.45) is 0 Å². The Kier molecular flexibility index (Phi) is 4.11. The Morgan fingerprint density at radius 2 is 2.10 bits per heavy atom. The van der Waals surface area contributed by atoms with Gasteiger partial charge >= 0.3 is 0 Å². The second kappa shape index (κ2) is 6.79. The third-order valence-electron chi connectivity index (χ3n) is 5.38. The molecule has 0 spiro atoms. The van der Waals surface area contributed by atoms with Crippen molar-refractivity contribution in [1.82, 2.24) is 20.1 Å². The highest BCUT2D eigenvalue weighted by molar-refractivity contribution is 5.83. The Labute approximate surface area is 167 Å². The number of nitriles is 1. The SMILES string of the molecule is Cc1c(-c2ccc3c(c2)OCO3)nc(N)c(C#N)c1-c1cc2n(n1)CCCNC2. The average Bonchev–Trinajstić information content (AvgIpc) is 3.30. The first-order valence-corrected chi connectivity index (χ1v) is 9.53. The van der Waals surface area contributed by atoms with E-state index in [0.29, 0.717) is 22.8 Å². The summed E-state index contributed by atoms with van der Waals surface area (Å²) in [5.41, 5.74) is 11.5. The number of nitrogen functional groups attached to an aromatic ring is 1. The van der Waals surface area contributed by atoms with Gasteiger partial charge in [0.15, 0.2) is 11.5 Å². The lowest BCUT2D eigenvalue weighted by Gasteiger charge is -2.14. The number of fused-ring (bicyclic) bond motifs is 2. The van der Waals surface area contributed by atoms with Crippen LogP contribution in [0.2, 0.25) is 0 Å². The van der Waals surface area contributed by atoms with Gasteiger partial charge in [0.25, 0.3) is 0 Å². The molecule has 0 atom stereocenters. The molecule has 2 aliphatic heterocycles. The number of rotatable bonds is 2. The van der Waals surface area contributed by atoms with E-state index in [0.717, 1.165) is 54.1 Å². The summed E-state index contributed by atoms with van der Waals surface area (Å²) in [5, 5.41) is 17.9. The van der Waals surface area contributed by atoms with Crippen LogP contribution in [0.25, 0.3) is 22.5 Å². The van der Waals surface area contributed by atoms with E-state index >= 15 is 0 Å². The molecule has 5 rings (SSSR count). The smallest absolute Gasteiger partial charge is 0.231 e. The lowest BCUT2D eigenvalue weighted by molar-refractivity contribution is 0.174. The first-order valence-electron chi connectivity index (χ1n) is 9.53. The Hall–Kier alpha value is -3.57. The Morgan fingerprint density at radius 1 is 1.24 bits per heavy atom. The fourth-order valence-corrected chi connectivity index (χ4v) is 3.94. The highest BCUT2D eigenvalue weighted by Gasteiger charge is 2.23. The van der Waals surface area contributed by atoms with Crippen LogP contribution in [0.5, 0.6) is 11.5 Å². The van der Waals surface area contributed by atoms with Gasteiger partial charge in [0, 0.05) is 24.2 Å². The molecule has 0 amide bonds. The van der Waals surface area contributed by atoms with Crippen LogP contribution in [0.4, 0.5) is 5.82 Å². The van der Waals surface area contributed by atoms with Crippen molar-refractivity contribution in [3.63, 3.8) is 0 Å². The molecular weight excluding hydrogens is 368 g/mol. The molecule has 2 aromatic heterocycles. The van der Waals surface area contributed by atoms with Gasteiger partial charge in [-0.1, -0.05) is 0 Å². The second-order valence-corrected chi connectivity index (χ2v) is 7.17. The van der Waals surface area contributed by atoms with Crippen LogP contribution < -0.4 is 20.5 Å². The normalized spacial score (nSPS) is 14.9. The van der Waals surface area contributed by atoms with Crippen molar-refractivity contribution in [1.29, 1.82) is 5.26 Å².